The van der Waals surface area contributed by atoms with Crippen molar-refractivity contribution >= 4 is 11.6 Å². The highest BCUT2D eigenvalue weighted by molar-refractivity contribution is 6.29. The average molecular weight is 144 g/mol. The number of aromatic nitrogens is 2. The van der Waals surface area contributed by atoms with Crippen molar-refractivity contribution < 1.29 is 0 Å². The summed E-state index contributed by atoms with van der Waals surface area (Å²) in [4.78, 5) is 0. The molecular weight excluding hydrogens is 136 g/mol. The molecule has 1 radical (unpaired) electrons. The molecule has 0 N–H and O–H groups in total. The van der Waals surface area contributed by atoms with Crippen LogP contribution in [0.2, 0.25) is 5.15 Å². The topological polar surface area (TPSA) is 17.8 Å². The van der Waals surface area contributed by atoms with Crippen molar-refractivity contribution in [3.8, 4) is 0 Å². The summed E-state index contributed by atoms with van der Waals surface area (Å²) >= 11 is 5.52. The molecule has 1 aromatic heterocycles. The molecule has 0 aromatic carbocycles. The summed E-state index contributed by atoms with van der Waals surface area (Å²) < 4.78 is 1.77. The van der Waals surface area contributed by atoms with Crippen molar-refractivity contribution in [1.29, 1.82) is 0 Å². The molecule has 1 heterocycles. The number of hydrogen-bond donors (Lipinski definition) is 0. The highest BCUT2D eigenvalue weighted by Crippen LogP contribution is 2.06. The van der Waals surface area contributed by atoms with Crippen LogP contribution in [0.3, 0.4) is 0 Å². The van der Waals surface area contributed by atoms with E-state index in [1.54, 1.807) is 10.9 Å². The summed E-state index contributed by atoms with van der Waals surface area (Å²) in [5.74, 6) is 0. The molecule has 0 fully saturated rings. The van der Waals surface area contributed by atoms with Crippen LogP contribution >= 0.6 is 11.6 Å². The van der Waals surface area contributed by atoms with Gasteiger partial charge in [0.2, 0.25) is 0 Å². The summed E-state index contributed by atoms with van der Waals surface area (Å²) in [5.41, 5.74) is 0. The lowest BCUT2D eigenvalue weighted by Gasteiger charge is -2.01. The van der Waals surface area contributed by atoms with Crippen molar-refractivity contribution in [2.75, 3.05) is 0 Å². The predicted molar refractivity (Wildman–Crippen MR) is 36.5 cm³/mol. The molecule has 0 spiro atoms. The summed E-state index contributed by atoms with van der Waals surface area (Å²) in [5, 5.41) is 4.37. The van der Waals surface area contributed by atoms with Gasteiger partial charge in [-0.1, -0.05) is 11.6 Å². The zero-order chi connectivity index (χ0) is 6.85. The van der Waals surface area contributed by atoms with Gasteiger partial charge in [0.1, 0.15) is 0 Å². The van der Waals surface area contributed by atoms with Crippen LogP contribution in [0.1, 0.15) is 19.9 Å². The second-order valence-corrected chi connectivity index (χ2v) is 2.50. The summed E-state index contributed by atoms with van der Waals surface area (Å²) in [7, 11) is 0. The van der Waals surface area contributed by atoms with Crippen LogP contribution < -0.4 is 0 Å². The van der Waals surface area contributed by atoms with Crippen molar-refractivity contribution in [1.82, 2.24) is 9.78 Å². The lowest BCUT2D eigenvalue weighted by molar-refractivity contribution is 0.532. The Balaban J connectivity index is 2.85. The Kier molecular flexibility index (Phi) is 1.76. The molecule has 0 aliphatic rings. The van der Waals surface area contributed by atoms with Crippen molar-refractivity contribution in [2.45, 2.75) is 19.9 Å². The Bertz CT molecular complexity index is 193. The monoisotopic (exact) mass is 143 g/mol. The van der Waals surface area contributed by atoms with E-state index in [2.05, 4.69) is 11.2 Å². The van der Waals surface area contributed by atoms with Crippen LogP contribution in [-0.2, 0) is 0 Å². The van der Waals surface area contributed by atoms with Crippen LogP contribution in [0.4, 0.5) is 0 Å². The molecule has 0 saturated carbocycles. The quantitative estimate of drug-likeness (QED) is 0.588. The van der Waals surface area contributed by atoms with Gasteiger partial charge in [-0.2, -0.15) is 5.10 Å². The van der Waals surface area contributed by atoms with Gasteiger partial charge >= 0.3 is 0 Å². The molecule has 0 aliphatic heterocycles. The summed E-state index contributed by atoms with van der Waals surface area (Å²) in [6.45, 7) is 4.08. The van der Waals surface area contributed by atoms with Crippen LogP contribution in [-0.4, -0.2) is 9.78 Å². The maximum absolute atomic E-state index is 5.52. The second kappa shape index (κ2) is 2.40. The normalized spacial score (nSPS) is 10.7. The first-order chi connectivity index (χ1) is 4.20. The van der Waals surface area contributed by atoms with Gasteiger partial charge in [-0.05, 0) is 13.8 Å². The van der Waals surface area contributed by atoms with E-state index in [9.17, 15) is 0 Å². The molecule has 2 nitrogen and oxygen atoms in total. The maximum Gasteiger partial charge on any atom is 0.159 e. The van der Waals surface area contributed by atoms with E-state index in [-0.39, 0.29) is 0 Å². The Labute approximate surface area is 59.4 Å². The minimum Gasteiger partial charge on any atom is -0.268 e. The fourth-order valence-electron chi connectivity index (χ4n) is 0.543. The van der Waals surface area contributed by atoms with Crippen LogP contribution in [0.25, 0.3) is 0 Å². The van der Waals surface area contributed by atoms with Gasteiger partial charge in [-0.3, -0.25) is 4.68 Å². The van der Waals surface area contributed by atoms with Gasteiger partial charge in [0.05, 0.1) is 0 Å². The number of halogens is 1. The third-order valence-corrected chi connectivity index (χ3v) is 1.23. The van der Waals surface area contributed by atoms with Gasteiger partial charge in [-0.25, -0.2) is 0 Å². The molecule has 3 heteroatoms. The minimum absolute atomic E-state index is 0.369. The molecule has 0 bridgehead atoms. The van der Waals surface area contributed by atoms with Crippen molar-refractivity contribution in [2.24, 2.45) is 0 Å². The molecule has 49 valence electrons. The van der Waals surface area contributed by atoms with Crippen LogP contribution in [0.5, 0.6) is 0 Å². The van der Waals surface area contributed by atoms with E-state index >= 15 is 0 Å². The van der Waals surface area contributed by atoms with Crippen molar-refractivity contribution in [3.63, 3.8) is 0 Å². The van der Waals surface area contributed by atoms with Gasteiger partial charge in [0.25, 0.3) is 0 Å². The lowest BCUT2D eigenvalue weighted by Crippen LogP contribution is -1.99. The Hall–Kier alpha value is -0.500. The van der Waals surface area contributed by atoms with E-state index in [0.29, 0.717) is 11.2 Å². The summed E-state index contributed by atoms with van der Waals surface area (Å²) in [6.07, 6.45) is 1.74. The molecule has 0 atom stereocenters. The number of nitrogens with zero attached hydrogens (tertiary/aromatic N) is 2. The maximum atomic E-state index is 5.52. The first-order valence-electron chi connectivity index (χ1n) is 2.82. The van der Waals surface area contributed by atoms with Crippen LogP contribution in [0, 0.1) is 6.07 Å². The largest absolute Gasteiger partial charge is 0.268 e. The van der Waals surface area contributed by atoms with Crippen LogP contribution in [0.15, 0.2) is 6.20 Å². The van der Waals surface area contributed by atoms with Gasteiger partial charge in [0, 0.05) is 18.3 Å². The number of rotatable bonds is 1. The fraction of sp³-hybridized carbons (Fsp3) is 0.500. The molecule has 0 unspecified atom stereocenters. The molecule has 0 amide bonds. The Morgan fingerprint density at radius 1 is 1.78 bits per heavy atom. The molecule has 0 saturated heterocycles. The Morgan fingerprint density at radius 2 is 2.44 bits per heavy atom. The highest BCUT2D eigenvalue weighted by Gasteiger charge is 1.97. The highest BCUT2D eigenvalue weighted by atomic mass is 35.5. The van der Waals surface area contributed by atoms with E-state index in [1.807, 2.05) is 13.8 Å². The van der Waals surface area contributed by atoms with E-state index in [4.69, 9.17) is 11.6 Å². The molecule has 1 aromatic rings. The van der Waals surface area contributed by atoms with Gasteiger partial charge in [0.15, 0.2) is 5.15 Å². The molecule has 9 heavy (non-hydrogen) atoms. The SMILES string of the molecule is CC(C)n1c[c]c(Cl)n1. The first kappa shape index (κ1) is 6.62. The van der Waals surface area contributed by atoms with Gasteiger partial charge in [-0.15, -0.1) is 0 Å². The molecule has 0 aliphatic carbocycles. The minimum atomic E-state index is 0.369. The lowest BCUT2D eigenvalue weighted by atomic mass is 10.4. The third kappa shape index (κ3) is 1.45. The van der Waals surface area contributed by atoms with Crippen molar-refractivity contribution in [3.05, 3.63) is 17.4 Å². The standard InChI is InChI=1S/C6H8ClN2/c1-5(2)9-4-3-6(7)8-9/h4-5H,1-2H3. The smallest absolute Gasteiger partial charge is 0.159 e. The van der Waals surface area contributed by atoms with E-state index in [1.165, 1.54) is 0 Å². The van der Waals surface area contributed by atoms with Gasteiger partial charge < -0.3 is 0 Å². The average Bonchev–Trinajstić information content (AvgIpc) is 2.14. The molecular formula is C6H8ClN2. The third-order valence-electron chi connectivity index (χ3n) is 1.05. The predicted octanol–water partition coefficient (Wildman–Crippen LogP) is 1.92. The zero-order valence-electron chi connectivity index (χ0n) is 5.43. The van der Waals surface area contributed by atoms with E-state index < -0.39 is 0 Å². The second-order valence-electron chi connectivity index (χ2n) is 2.14. The zero-order valence-corrected chi connectivity index (χ0v) is 6.18. The summed E-state index contributed by atoms with van der Waals surface area (Å²) in [6, 6.07) is 3.14. The number of hydrogen-bond acceptors (Lipinski definition) is 1. The van der Waals surface area contributed by atoms with E-state index in [0.717, 1.165) is 0 Å². The Morgan fingerprint density at radius 3 is 2.67 bits per heavy atom. The first-order valence-corrected chi connectivity index (χ1v) is 3.20. The fourth-order valence-corrected chi connectivity index (χ4v) is 0.679. The molecule has 1 rings (SSSR count).